The number of hydrogen-bond donors (Lipinski definition) is 3. The molecule has 0 saturated carbocycles. The zero-order chi connectivity index (χ0) is 21.4. The summed E-state index contributed by atoms with van der Waals surface area (Å²) in [6, 6.07) is 12.9. The molecule has 150 valence electrons. The van der Waals surface area contributed by atoms with Crippen molar-refractivity contribution in [3.05, 3.63) is 65.9 Å². The van der Waals surface area contributed by atoms with E-state index >= 15 is 0 Å². The van der Waals surface area contributed by atoms with Gasteiger partial charge in [0.15, 0.2) is 0 Å². The van der Waals surface area contributed by atoms with E-state index < -0.39 is 22.0 Å². The van der Waals surface area contributed by atoms with Crippen molar-refractivity contribution < 1.29 is 27.3 Å². The van der Waals surface area contributed by atoms with Gasteiger partial charge >= 0.3 is 5.97 Å². The third-order valence-corrected chi connectivity index (χ3v) is 4.38. The van der Waals surface area contributed by atoms with Crippen LogP contribution in [0.25, 0.3) is 0 Å². The lowest BCUT2D eigenvalue weighted by Gasteiger charge is -2.07. The lowest BCUT2D eigenvalue weighted by molar-refractivity contribution is -0.112. The molecule has 3 N–H and O–H groups in total. The maximum atomic E-state index is 12.2. The second-order valence-corrected chi connectivity index (χ2v) is 6.99. The van der Waals surface area contributed by atoms with E-state index in [0.29, 0.717) is 11.3 Å². The molecule has 2 rings (SSSR count). The molecule has 0 fully saturated rings. The molecule has 2 aromatic carbocycles. The summed E-state index contributed by atoms with van der Waals surface area (Å²) in [6.07, 6.45) is 1.10. The minimum absolute atomic E-state index is 0.244. The van der Waals surface area contributed by atoms with Gasteiger partial charge in [-0.05, 0) is 49.4 Å². The van der Waals surface area contributed by atoms with Gasteiger partial charge in [-0.3, -0.25) is 9.35 Å². The second-order valence-electron chi connectivity index (χ2n) is 5.57. The predicted octanol–water partition coefficient (Wildman–Crippen LogP) is 2.57. The SMILES string of the molecule is CCOC(=O)c1ccc(NC(=O)/C(C#N)=C\Nc2cccc(S(=O)(=O)O)c2)cc1. The molecule has 0 atom stereocenters. The van der Waals surface area contributed by atoms with E-state index in [0.717, 1.165) is 12.3 Å². The minimum atomic E-state index is -4.38. The van der Waals surface area contributed by atoms with Gasteiger partial charge < -0.3 is 15.4 Å². The van der Waals surface area contributed by atoms with E-state index in [1.807, 2.05) is 0 Å². The Hall–Kier alpha value is -3.68. The summed E-state index contributed by atoms with van der Waals surface area (Å²) < 4.78 is 36.2. The molecule has 10 heteroatoms. The molecule has 0 bridgehead atoms. The molecule has 0 aromatic heterocycles. The van der Waals surface area contributed by atoms with E-state index in [1.54, 1.807) is 13.0 Å². The summed E-state index contributed by atoms with van der Waals surface area (Å²) in [4.78, 5) is 23.5. The number of esters is 1. The number of amides is 1. The summed E-state index contributed by atoms with van der Waals surface area (Å²) in [5.41, 5.74) is 0.648. The Labute approximate surface area is 167 Å². The molecule has 29 heavy (non-hydrogen) atoms. The monoisotopic (exact) mass is 415 g/mol. The zero-order valence-electron chi connectivity index (χ0n) is 15.2. The second kappa shape index (κ2) is 9.50. The maximum absolute atomic E-state index is 12.2. The fourth-order valence-electron chi connectivity index (χ4n) is 2.15. The summed E-state index contributed by atoms with van der Waals surface area (Å²) >= 11 is 0. The first-order valence-corrected chi connectivity index (χ1v) is 9.71. The molecule has 0 aliphatic heterocycles. The molecule has 9 nitrogen and oxygen atoms in total. The number of ether oxygens (including phenoxy) is 1. The number of carbonyl (C=O) groups is 2. The molecule has 0 aliphatic carbocycles. The number of nitrogens with one attached hydrogen (secondary N) is 2. The van der Waals surface area contributed by atoms with Crippen LogP contribution in [-0.4, -0.2) is 31.5 Å². The van der Waals surface area contributed by atoms with Gasteiger partial charge in [-0.2, -0.15) is 13.7 Å². The Morgan fingerprint density at radius 1 is 1.17 bits per heavy atom. The minimum Gasteiger partial charge on any atom is -0.462 e. The number of hydrogen-bond acceptors (Lipinski definition) is 7. The van der Waals surface area contributed by atoms with E-state index in [-0.39, 0.29) is 22.8 Å². The Morgan fingerprint density at radius 2 is 1.86 bits per heavy atom. The van der Waals surface area contributed by atoms with Crippen molar-refractivity contribution in [2.75, 3.05) is 17.2 Å². The zero-order valence-corrected chi connectivity index (χ0v) is 16.1. The normalized spacial score (nSPS) is 11.3. The van der Waals surface area contributed by atoms with E-state index in [1.165, 1.54) is 42.5 Å². The fourth-order valence-corrected chi connectivity index (χ4v) is 2.68. The van der Waals surface area contributed by atoms with Gasteiger partial charge in [-0.1, -0.05) is 6.07 Å². The molecule has 0 radical (unpaired) electrons. The molecule has 0 saturated heterocycles. The summed E-state index contributed by atoms with van der Waals surface area (Å²) in [5, 5.41) is 14.3. The van der Waals surface area contributed by atoms with Gasteiger partial charge in [0.25, 0.3) is 16.0 Å². The van der Waals surface area contributed by atoms with Crippen molar-refractivity contribution in [2.45, 2.75) is 11.8 Å². The van der Waals surface area contributed by atoms with Crippen LogP contribution in [0.2, 0.25) is 0 Å². The predicted molar refractivity (Wildman–Crippen MR) is 105 cm³/mol. The van der Waals surface area contributed by atoms with Gasteiger partial charge in [0.05, 0.1) is 17.1 Å². The van der Waals surface area contributed by atoms with Crippen LogP contribution in [0.5, 0.6) is 0 Å². The smallest absolute Gasteiger partial charge is 0.338 e. The molecule has 0 aliphatic rings. The van der Waals surface area contributed by atoms with Crippen LogP contribution in [0.15, 0.2) is 65.2 Å². The fraction of sp³-hybridized carbons (Fsp3) is 0.105. The highest BCUT2D eigenvalue weighted by molar-refractivity contribution is 7.85. The number of nitriles is 1. The van der Waals surface area contributed by atoms with Gasteiger partial charge in [0.2, 0.25) is 0 Å². The average molecular weight is 415 g/mol. The Morgan fingerprint density at radius 3 is 2.45 bits per heavy atom. The van der Waals surface area contributed by atoms with Crippen molar-refractivity contribution in [1.82, 2.24) is 0 Å². The quantitative estimate of drug-likeness (QED) is 0.271. The van der Waals surface area contributed by atoms with Gasteiger partial charge in [-0.25, -0.2) is 4.79 Å². The van der Waals surface area contributed by atoms with E-state index in [9.17, 15) is 23.3 Å². The Kier molecular flexibility index (Phi) is 7.08. The van der Waals surface area contributed by atoms with Crippen molar-refractivity contribution >= 4 is 33.4 Å². The van der Waals surface area contributed by atoms with E-state index in [2.05, 4.69) is 10.6 Å². The van der Waals surface area contributed by atoms with Crippen LogP contribution in [-0.2, 0) is 19.6 Å². The van der Waals surface area contributed by atoms with Crippen LogP contribution >= 0.6 is 0 Å². The van der Waals surface area contributed by atoms with Crippen LogP contribution in [0, 0.1) is 11.3 Å². The van der Waals surface area contributed by atoms with Gasteiger partial charge in [0.1, 0.15) is 11.6 Å². The average Bonchev–Trinajstić information content (AvgIpc) is 2.69. The summed E-state index contributed by atoms with van der Waals surface area (Å²) in [6.45, 7) is 1.93. The molecule has 0 heterocycles. The first-order valence-electron chi connectivity index (χ1n) is 8.27. The third kappa shape index (κ3) is 6.17. The number of rotatable bonds is 7. The van der Waals surface area contributed by atoms with Crippen LogP contribution in [0.1, 0.15) is 17.3 Å². The third-order valence-electron chi connectivity index (χ3n) is 3.53. The highest BCUT2D eigenvalue weighted by Gasteiger charge is 2.12. The number of carbonyl (C=O) groups excluding carboxylic acids is 2. The molecular weight excluding hydrogens is 398 g/mol. The number of nitrogens with zero attached hydrogens (tertiary/aromatic N) is 1. The first kappa shape index (κ1) is 21.6. The van der Waals surface area contributed by atoms with Gasteiger partial charge in [0, 0.05) is 17.6 Å². The van der Waals surface area contributed by atoms with Crippen molar-refractivity contribution in [1.29, 1.82) is 5.26 Å². The summed E-state index contributed by atoms with van der Waals surface area (Å²) in [7, 11) is -4.38. The molecule has 0 spiro atoms. The lowest BCUT2D eigenvalue weighted by Crippen LogP contribution is -2.14. The lowest BCUT2D eigenvalue weighted by atomic mass is 10.2. The number of anilines is 2. The van der Waals surface area contributed by atoms with Gasteiger partial charge in [-0.15, -0.1) is 0 Å². The van der Waals surface area contributed by atoms with Crippen LogP contribution in [0.3, 0.4) is 0 Å². The highest BCUT2D eigenvalue weighted by Crippen LogP contribution is 2.16. The van der Waals surface area contributed by atoms with E-state index in [4.69, 9.17) is 9.29 Å². The molecule has 0 unspecified atom stereocenters. The molecule has 2 aromatic rings. The van der Waals surface area contributed by atoms with Crippen LogP contribution < -0.4 is 10.6 Å². The number of benzene rings is 2. The van der Waals surface area contributed by atoms with Crippen molar-refractivity contribution in [3.63, 3.8) is 0 Å². The maximum Gasteiger partial charge on any atom is 0.338 e. The summed E-state index contributed by atoms with van der Waals surface area (Å²) in [5.74, 6) is -1.20. The van der Waals surface area contributed by atoms with Crippen molar-refractivity contribution in [2.24, 2.45) is 0 Å². The standard InChI is InChI=1S/C19H17N3O6S/c1-2-28-19(24)13-6-8-15(9-7-13)22-18(23)14(11-20)12-21-16-4-3-5-17(10-16)29(25,26)27/h3-10,12,21H,2H2,1H3,(H,22,23)(H,25,26,27)/b14-12-. The largest absolute Gasteiger partial charge is 0.462 e. The Balaban J connectivity index is 2.09. The highest BCUT2D eigenvalue weighted by atomic mass is 32.2. The molecule has 1 amide bonds. The van der Waals surface area contributed by atoms with Crippen molar-refractivity contribution in [3.8, 4) is 6.07 Å². The topological polar surface area (TPSA) is 146 Å². The van der Waals surface area contributed by atoms with Crippen LogP contribution in [0.4, 0.5) is 11.4 Å². The molecular formula is C19H17N3O6S. The Bertz CT molecular complexity index is 1090. The first-order chi connectivity index (χ1) is 13.7.